The van der Waals surface area contributed by atoms with Crippen LogP contribution < -0.4 is 20.9 Å². The summed E-state index contributed by atoms with van der Waals surface area (Å²) < 4.78 is 31.8. The van der Waals surface area contributed by atoms with Crippen LogP contribution in [0.4, 0.5) is 5.82 Å². The first-order valence-electron chi connectivity index (χ1n) is 16.9. The minimum atomic E-state index is -1.13. The summed E-state index contributed by atoms with van der Waals surface area (Å²) in [7, 11) is 6.81. The molecule has 1 fully saturated rings. The molecule has 3 atom stereocenters. The van der Waals surface area contributed by atoms with Crippen molar-refractivity contribution in [1.82, 2.24) is 9.55 Å². The van der Waals surface area contributed by atoms with E-state index < -0.39 is 35.7 Å². The van der Waals surface area contributed by atoms with Gasteiger partial charge in [0, 0.05) is 36.5 Å². The number of carbonyl (C=O) groups is 1. The fraction of sp³-hybridized carbons (Fsp3) is 0.375. The number of benzene rings is 3. The second-order valence-electron chi connectivity index (χ2n) is 13.1. The number of esters is 1. The van der Waals surface area contributed by atoms with Gasteiger partial charge in [-0.15, -0.1) is 0 Å². The maximum Gasteiger partial charge on any atom is 0.351 e. The highest BCUT2D eigenvalue weighted by atomic mass is 33.1. The summed E-state index contributed by atoms with van der Waals surface area (Å²) in [6.07, 6.45) is 0.118. The molecule has 5 rings (SSSR count). The van der Waals surface area contributed by atoms with Crippen LogP contribution in [0, 0.1) is 11.8 Å². The highest BCUT2D eigenvalue weighted by Gasteiger charge is 2.44. The Balaban J connectivity index is 1.47. The van der Waals surface area contributed by atoms with E-state index in [4.69, 9.17) is 29.4 Å². The third kappa shape index (κ3) is 9.52. The third-order valence-corrected chi connectivity index (χ3v) is 11.6. The smallest absolute Gasteiger partial charge is 0.351 e. The first-order chi connectivity index (χ1) is 24.9. The van der Waals surface area contributed by atoms with Gasteiger partial charge in [0.25, 0.3) is 0 Å². The maximum absolute atomic E-state index is 13.2. The molecule has 1 aliphatic rings. The number of nitrogens with zero attached hydrogens (tertiary/aromatic N) is 2. The van der Waals surface area contributed by atoms with Gasteiger partial charge in [-0.1, -0.05) is 109 Å². The van der Waals surface area contributed by atoms with Crippen molar-refractivity contribution in [2.45, 2.75) is 69.3 Å². The summed E-state index contributed by atoms with van der Waals surface area (Å²) in [6.45, 7) is 7.84. The van der Waals surface area contributed by atoms with Crippen molar-refractivity contribution in [2.75, 3.05) is 32.3 Å². The summed E-state index contributed by atoms with van der Waals surface area (Å²) in [6, 6.07) is 25.2. The van der Waals surface area contributed by atoms with Gasteiger partial charge < -0.3 is 29.4 Å². The first-order valence-corrected chi connectivity index (χ1v) is 19.2. The van der Waals surface area contributed by atoms with Crippen molar-refractivity contribution in [3.8, 4) is 23.3 Å². The highest BCUT2D eigenvalue weighted by molar-refractivity contribution is 8.77. The van der Waals surface area contributed by atoms with Gasteiger partial charge in [-0.3, -0.25) is 9.36 Å². The van der Waals surface area contributed by atoms with E-state index in [0.29, 0.717) is 23.5 Å². The Labute approximate surface area is 313 Å². The molecule has 0 saturated carbocycles. The van der Waals surface area contributed by atoms with E-state index in [1.807, 2.05) is 78.9 Å². The molecule has 1 aliphatic heterocycles. The van der Waals surface area contributed by atoms with Crippen LogP contribution in [0.5, 0.6) is 11.5 Å². The molecule has 0 bridgehead atoms. The molecule has 10 nitrogen and oxygen atoms in total. The lowest BCUT2D eigenvalue weighted by Crippen LogP contribution is -2.39. The number of ether oxygens (including phenoxy) is 5. The lowest BCUT2D eigenvalue weighted by molar-refractivity contribution is -0.153. The Morgan fingerprint density at radius 2 is 1.56 bits per heavy atom. The minimum absolute atomic E-state index is 0.00451. The van der Waals surface area contributed by atoms with Gasteiger partial charge in [-0.25, -0.2) is 4.79 Å². The fourth-order valence-electron chi connectivity index (χ4n) is 5.89. The number of nitrogens with two attached hydrogens (primary N) is 1. The number of anilines is 1. The molecule has 0 aliphatic carbocycles. The van der Waals surface area contributed by atoms with Crippen molar-refractivity contribution in [3.05, 3.63) is 118 Å². The Morgan fingerprint density at radius 3 is 2.12 bits per heavy atom. The molecular weight excluding hydrogens is 699 g/mol. The van der Waals surface area contributed by atoms with Crippen LogP contribution in [-0.4, -0.2) is 59.1 Å². The largest absolute Gasteiger partial charge is 0.497 e. The van der Waals surface area contributed by atoms with Crippen molar-refractivity contribution in [2.24, 2.45) is 0 Å². The first kappa shape index (κ1) is 38.8. The van der Waals surface area contributed by atoms with Crippen LogP contribution in [0.1, 0.15) is 69.0 Å². The number of aromatic nitrogens is 2. The summed E-state index contributed by atoms with van der Waals surface area (Å²) >= 11 is 0. The lowest BCUT2D eigenvalue weighted by atomic mass is 9.80. The van der Waals surface area contributed by atoms with Gasteiger partial charge in [0.05, 0.1) is 26.4 Å². The van der Waals surface area contributed by atoms with Crippen LogP contribution in [-0.2, 0) is 24.6 Å². The quantitative estimate of drug-likeness (QED) is 0.0501. The lowest BCUT2D eigenvalue weighted by Gasteiger charge is -2.37. The molecule has 274 valence electrons. The van der Waals surface area contributed by atoms with Gasteiger partial charge in [-0.05, 0) is 41.0 Å². The predicted molar refractivity (Wildman–Crippen MR) is 207 cm³/mol. The van der Waals surface area contributed by atoms with Gasteiger partial charge >= 0.3 is 11.7 Å². The van der Waals surface area contributed by atoms with E-state index >= 15 is 0 Å². The van der Waals surface area contributed by atoms with Gasteiger partial charge in [0.2, 0.25) is 0 Å². The van der Waals surface area contributed by atoms with Crippen LogP contribution in [0.2, 0.25) is 0 Å². The second-order valence-corrected chi connectivity index (χ2v) is 16.4. The average molecular weight is 744 g/mol. The fourth-order valence-corrected chi connectivity index (χ4v) is 8.08. The SMILES string of the molecule is COc1ccc(C(OC[C@H]2O[C@@H](n3cc(C#CCCSSC(C)(C)C)c(N)nc3=O)C[C@@H]2OC(C)=O)(c2ccccc2)c2ccc(OC)cc2)cc1. The van der Waals surface area contributed by atoms with Gasteiger partial charge in [0.15, 0.2) is 0 Å². The minimum Gasteiger partial charge on any atom is -0.497 e. The highest BCUT2D eigenvalue weighted by Crippen LogP contribution is 2.43. The molecule has 3 aromatic carbocycles. The molecule has 0 amide bonds. The zero-order chi connectivity index (χ0) is 37.3. The summed E-state index contributed by atoms with van der Waals surface area (Å²) in [5.41, 5.74) is 7.35. The molecule has 4 aromatic rings. The van der Waals surface area contributed by atoms with Gasteiger partial charge in [0.1, 0.15) is 41.4 Å². The van der Waals surface area contributed by atoms with E-state index in [1.54, 1.807) is 42.0 Å². The molecule has 1 saturated heterocycles. The molecule has 1 aromatic heterocycles. The number of hydrogen-bond donors (Lipinski definition) is 1. The van der Waals surface area contributed by atoms with E-state index in [9.17, 15) is 9.59 Å². The zero-order valence-electron chi connectivity index (χ0n) is 30.3. The Kier molecular flexibility index (Phi) is 13.0. The van der Waals surface area contributed by atoms with Crippen LogP contribution in [0.3, 0.4) is 0 Å². The number of nitrogen functional groups attached to an aromatic ring is 1. The van der Waals surface area contributed by atoms with Gasteiger partial charge in [-0.2, -0.15) is 4.98 Å². The van der Waals surface area contributed by atoms with Crippen LogP contribution >= 0.6 is 21.6 Å². The molecular formula is C40H45N3O7S2. The molecule has 12 heteroatoms. The summed E-state index contributed by atoms with van der Waals surface area (Å²) in [5.74, 6) is 8.02. The molecule has 0 spiro atoms. The molecule has 0 radical (unpaired) electrons. The van der Waals surface area contributed by atoms with Crippen LogP contribution in [0.15, 0.2) is 89.9 Å². The predicted octanol–water partition coefficient (Wildman–Crippen LogP) is 6.99. The Hall–Kier alpha value is -4.41. The van der Waals surface area contributed by atoms with Crippen molar-refractivity contribution < 1.29 is 28.5 Å². The Bertz CT molecular complexity index is 1870. The van der Waals surface area contributed by atoms with Crippen molar-refractivity contribution in [1.29, 1.82) is 0 Å². The molecule has 0 unspecified atom stereocenters. The second kappa shape index (κ2) is 17.4. The van der Waals surface area contributed by atoms with Crippen molar-refractivity contribution >= 4 is 33.4 Å². The van der Waals surface area contributed by atoms with Crippen LogP contribution in [0.25, 0.3) is 0 Å². The number of carbonyl (C=O) groups excluding carboxylic acids is 1. The third-order valence-electron chi connectivity index (χ3n) is 8.27. The van der Waals surface area contributed by atoms with E-state index in [1.165, 1.54) is 11.5 Å². The standard InChI is InChI=1S/C40H45N3O7S2/c1-27(44)49-34-24-36(43-25-28(37(41)42-38(43)45)12-10-11-23-51-52-39(2,3)4)50-35(34)26-48-40(29-13-8-7-9-14-29,30-15-19-32(46-5)20-16-30)31-17-21-33(47-6)22-18-31/h7-9,13-22,25,34-36H,11,23-24,26H2,1-6H3,(H2,41,42,45)/t34-,35+,36+/m0/s1. The number of hydrogen-bond acceptors (Lipinski definition) is 11. The monoisotopic (exact) mass is 743 g/mol. The average Bonchev–Trinajstić information content (AvgIpc) is 3.52. The molecule has 2 N–H and O–H groups in total. The van der Waals surface area contributed by atoms with Crippen molar-refractivity contribution in [3.63, 3.8) is 0 Å². The molecule has 52 heavy (non-hydrogen) atoms. The molecule has 2 heterocycles. The topological polar surface area (TPSA) is 124 Å². The number of methoxy groups -OCH3 is 2. The van der Waals surface area contributed by atoms with E-state index in [2.05, 4.69) is 37.6 Å². The van der Waals surface area contributed by atoms with E-state index in [0.717, 1.165) is 22.4 Å². The summed E-state index contributed by atoms with van der Waals surface area (Å²) in [5, 5.41) is 0. The van der Waals surface area contributed by atoms with E-state index in [-0.39, 0.29) is 23.6 Å². The Morgan fingerprint density at radius 1 is 0.962 bits per heavy atom. The zero-order valence-corrected chi connectivity index (χ0v) is 31.9. The number of rotatable bonds is 13. The maximum atomic E-state index is 13.2. The summed E-state index contributed by atoms with van der Waals surface area (Å²) in [4.78, 5) is 29.5. The normalized spacial score (nSPS) is 17.2.